The molecule has 0 atom stereocenters. The number of hydrogen-bond donors (Lipinski definition) is 0. The number of aryl methyl sites for hydroxylation is 2. The maximum Gasteiger partial charge on any atom is 0.224 e. The molecular formula is C12H14NO3-. The number of amides is 1. The van der Waals surface area contributed by atoms with E-state index in [1.165, 1.54) is 11.8 Å². The highest BCUT2D eigenvalue weighted by molar-refractivity contribution is 5.96. The van der Waals surface area contributed by atoms with Crippen molar-refractivity contribution in [3.63, 3.8) is 0 Å². The van der Waals surface area contributed by atoms with Gasteiger partial charge in [0.25, 0.3) is 0 Å². The van der Waals surface area contributed by atoms with Crippen LogP contribution in [-0.2, 0) is 9.59 Å². The van der Waals surface area contributed by atoms with E-state index in [9.17, 15) is 14.7 Å². The van der Waals surface area contributed by atoms with Crippen molar-refractivity contribution in [2.45, 2.75) is 20.8 Å². The zero-order valence-electron chi connectivity index (χ0n) is 9.61. The number of carbonyl (C=O) groups excluding carboxylic acids is 2. The van der Waals surface area contributed by atoms with Gasteiger partial charge in [-0.2, -0.15) is 0 Å². The fourth-order valence-electron chi connectivity index (χ4n) is 1.60. The molecule has 0 aliphatic carbocycles. The summed E-state index contributed by atoms with van der Waals surface area (Å²) in [4.78, 5) is 23.1. The second-order valence-corrected chi connectivity index (χ2v) is 3.77. The Kier molecular flexibility index (Phi) is 3.66. The molecule has 1 aromatic rings. The van der Waals surface area contributed by atoms with E-state index in [2.05, 4.69) is 0 Å². The van der Waals surface area contributed by atoms with Crippen LogP contribution in [0.1, 0.15) is 18.1 Å². The van der Waals surface area contributed by atoms with E-state index in [-0.39, 0.29) is 5.91 Å². The van der Waals surface area contributed by atoms with Gasteiger partial charge in [-0.25, -0.2) is 0 Å². The highest BCUT2D eigenvalue weighted by atomic mass is 16.4. The first-order chi connectivity index (χ1) is 7.41. The number of carbonyl (C=O) groups is 2. The number of carboxylic acids is 1. The summed E-state index contributed by atoms with van der Waals surface area (Å²) in [7, 11) is 0. The van der Waals surface area contributed by atoms with Crippen LogP contribution in [0.25, 0.3) is 0 Å². The standard InChI is InChI=1S/C12H15NO3/c1-8-4-5-11(9(2)6-8)13(10(3)14)7-12(15)16/h4-6H,7H2,1-3H3,(H,15,16)/p-1. The topological polar surface area (TPSA) is 60.4 Å². The Balaban J connectivity index is 3.10. The van der Waals surface area contributed by atoms with Gasteiger partial charge in [0, 0.05) is 12.6 Å². The zero-order valence-corrected chi connectivity index (χ0v) is 9.61. The van der Waals surface area contributed by atoms with Crippen molar-refractivity contribution in [3.05, 3.63) is 29.3 Å². The smallest absolute Gasteiger partial charge is 0.224 e. The minimum atomic E-state index is -1.27. The maximum absolute atomic E-state index is 11.4. The van der Waals surface area contributed by atoms with Crippen LogP contribution in [0, 0.1) is 13.8 Å². The van der Waals surface area contributed by atoms with E-state index < -0.39 is 12.5 Å². The lowest BCUT2D eigenvalue weighted by Gasteiger charge is -2.23. The molecule has 0 bridgehead atoms. The quantitative estimate of drug-likeness (QED) is 0.741. The van der Waals surface area contributed by atoms with Gasteiger partial charge in [-0.3, -0.25) is 4.79 Å². The molecule has 4 nitrogen and oxygen atoms in total. The Hall–Kier alpha value is -1.84. The minimum Gasteiger partial charge on any atom is -0.548 e. The van der Waals surface area contributed by atoms with Gasteiger partial charge in [0.05, 0.1) is 12.5 Å². The molecule has 1 aromatic carbocycles. The molecule has 0 aliphatic heterocycles. The molecule has 86 valence electrons. The first-order valence-corrected chi connectivity index (χ1v) is 4.97. The number of carboxylic acid groups (broad SMARTS) is 1. The molecule has 1 amide bonds. The van der Waals surface area contributed by atoms with E-state index >= 15 is 0 Å². The minimum absolute atomic E-state index is 0.309. The average Bonchev–Trinajstić information content (AvgIpc) is 2.14. The van der Waals surface area contributed by atoms with E-state index in [0.29, 0.717) is 5.69 Å². The predicted octanol–water partition coefficient (Wildman–Crippen LogP) is 0.406. The fourth-order valence-corrected chi connectivity index (χ4v) is 1.60. The summed E-state index contributed by atoms with van der Waals surface area (Å²) in [5.41, 5.74) is 2.55. The predicted molar refractivity (Wildman–Crippen MR) is 59.0 cm³/mol. The molecule has 4 heteroatoms. The van der Waals surface area contributed by atoms with Crippen LogP contribution < -0.4 is 10.0 Å². The molecular weight excluding hydrogens is 206 g/mol. The number of rotatable bonds is 3. The van der Waals surface area contributed by atoms with Crippen LogP contribution in [0.4, 0.5) is 5.69 Å². The van der Waals surface area contributed by atoms with Gasteiger partial charge >= 0.3 is 0 Å². The Morgan fingerprint density at radius 1 is 1.31 bits per heavy atom. The van der Waals surface area contributed by atoms with E-state index in [1.807, 2.05) is 26.0 Å². The first-order valence-electron chi connectivity index (χ1n) is 4.97. The van der Waals surface area contributed by atoms with Crippen LogP contribution >= 0.6 is 0 Å². The molecule has 0 saturated heterocycles. The van der Waals surface area contributed by atoms with Crippen molar-refractivity contribution < 1.29 is 14.7 Å². The normalized spacial score (nSPS) is 9.94. The van der Waals surface area contributed by atoms with Crippen molar-refractivity contribution in [1.29, 1.82) is 0 Å². The summed E-state index contributed by atoms with van der Waals surface area (Å²) in [5.74, 6) is -1.58. The van der Waals surface area contributed by atoms with Crippen molar-refractivity contribution in [3.8, 4) is 0 Å². The molecule has 0 radical (unpaired) electrons. The third-order valence-electron chi connectivity index (χ3n) is 2.31. The third kappa shape index (κ3) is 2.82. The Labute approximate surface area is 94.5 Å². The summed E-state index contributed by atoms with van der Waals surface area (Å²) < 4.78 is 0. The van der Waals surface area contributed by atoms with Gasteiger partial charge in [0.1, 0.15) is 0 Å². The van der Waals surface area contributed by atoms with Gasteiger partial charge in [-0.1, -0.05) is 17.7 Å². The molecule has 0 aliphatic rings. The number of benzene rings is 1. The van der Waals surface area contributed by atoms with Crippen LogP contribution in [0.5, 0.6) is 0 Å². The molecule has 0 fully saturated rings. The summed E-state index contributed by atoms with van der Waals surface area (Å²) >= 11 is 0. The summed E-state index contributed by atoms with van der Waals surface area (Å²) in [6, 6.07) is 5.49. The van der Waals surface area contributed by atoms with Gasteiger partial charge in [0.15, 0.2) is 0 Å². The van der Waals surface area contributed by atoms with Gasteiger partial charge in [-0.05, 0) is 25.5 Å². The number of aliphatic carboxylic acids is 1. The highest BCUT2D eigenvalue weighted by Gasteiger charge is 2.13. The van der Waals surface area contributed by atoms with Gasteiger partial charge in [0.2, 0.25) is 5.91 Å². The van der Waals surface area contributed by atoms with Crippen molar-refractivity contribution in [1.82, 2.24) is 0 Å². The highest BCUT2D eigenvalue weighted by Crippen LogP contribution is 2.20. The molecule has 0 spiro atoms. The first kappa shape index (κ1) is 12.2. The van der Waals surface area contributed by atoms with E-state index in [4.69, 9.17) is 0 Å². The molecule has 0 saturated carbocycles. The monoisotopic (exact) mass is 220 g/mol. The molecule has 1 rings (SSSR count). The van der Waals surface area contributed by atoms with Crippen LogP contribution in [0.3, 0.4) is 0 Å². The second kappa shape index (κ2) is 4.79. The summed E-state index contributed by atoms with van der Waals surface area (Å²) in [5, 5.41) is 10.6. The largest absolute Gasteiger partial charge is 0.548 e. The van der Waals surface area contributed by atoms with E-state index in [0.717, 1.165) is 11.1 Å². The summed E-state index contributed by atoms with van der Waals surface area (Å²) in [6.07, 6.45) is 0. The average molecular weight is 220 g/mol. The maximum atomic E-state index is 11.4. The lowest BCUT2D eigenvalue weighted by Crippen LogP contribution is -2.41. The number of nitrogens with zero attached hydrogens (tertiary/aromatic N) is 1. The Morgan fingerprint density at radius 3 is 2.38 bits per heavy atom. The molecule has 0 heterocycles. The number of anilines is 1. The SMILES string of the molecule is CC(=O)N(CC(=O)[O-])c1ccc(C)cc1C. The molecule has 0 unspecified atom stereocenters. The van der Waals surface area contributed by atoms with Crippen LogP contribution in [0.15, 0.2) is 18.2 Å². The lowest BCUT2D eigenvalue weighted by atomic mass is 10.1. The van der Waals surface area contributed by atoms with Crippen molar-refractivity contribution in [2.75, 3.05) is 11.4 Å². The molecule has 16 heavy (non-hydrogen) atoms. The van der Waals surface area contributed by atoms with Gasteiger partial charge in [-0.15, -0.1) is 0 Å². The second-order valence-electron chi connectivity index (χ2n) is 3.77. The van der Waals surface area contributed by atoms with Gasteiger partial charge < -0.3 is 14.8 Å². The lowest BCUT2D eigenvalue weighted by molar-refractivity contribution is -0.303. The Bertz CT molecular complexity index is 426. The zero-order chi connectivity index (χ0) is 12.3. The van der Waals surface area contributed by atoms with Crippen molar-refractivity contribution >= 4 is 17.6 Å². The Morgan fingerprint density at radius 2 is 1.94 bits per heavy atom. The van der Waals surface area contributed by atoms with Crippen molar-refractivity contribution in [2.24, 2.45) is 0 Å². The number of hydrogen-bond acceptors (Lipinski definition) is 3. The summed E-state index contributed by atoms with van der Waals surface area (Å²) in [6.45, 7) is 4.70. The van der Waals surface area contributed by atoms with Crippen LogP contribution in [0.2, 0.25) is 0 Å². The third-order valence-corrected chi connectivity index (χ3v) is 2.31. The fraction of sp³-hybridized carbons (Fsp3) is 0.333. The molecule has 0 aromatic heterocycles. The van der Waals surface area contributed by atoms with Crippen LogP contribution in [-0.4, -0.2) is 18.4 Å². The van der Waals surface area contributed by atoms with E-state index in [1.54, 1.807) is 6.07 Å². The molecule has 0 N–H and O–H groups in total.